The molecule has 4 aliphatic heterocycles. The van der Waals surface area contributed by atoms with Crippen LogP contribution >= 0.6 is 88.3 Å². The van der Waals surface area contributed by atoms with E-state index in [1.54, 1.807) is 85.0 Å². The SMILES string of the molecule is C=CCBr.C=CCBr.C=CCOc1ccc(CCl)cc1.C=CCOc1ccc(CO)cc1.C=CCOc1ccc(CO)cc1.C=CCOc1ccc(CO[C@@H](C)[C@H]2O[C@@H]3SC(N(C)C)=N[C@@H]3[C@@H](O)[C@@H]2O)cc1.C[C@H](O)[C@H]1O[C@@H]2SC(N(C)C)=N[C@@H]2[C@@H](O)[C@@H]1O.O=S(Cl)Cl.OCc1ccc(O)cc1.OCc1ccc(O)cc1. The second-order valence-corrected chi connectivity index (χ2v) is 29.8. The molecule has 0 aromatic heterocycles. The number of thioether (sulfide) groups is 2. The fraction of sp³-hybridized carbons (Fsp3) is 0.375. The lowest BCUT2D eigenvalue weighted by molar-refractivity contribution is -0.193. The van der Waals surface area contributed by atoms with Crippen molar-refractivity contribution in [1.29, 1.82) is 0 Å². The van der Waals surface area contributed by atoms with Gasteiger partial charge in [-0.2, -0.15) is 0 Å². The van der Waals surface area contributed by atoms with E-state index in [0.29, 0.717) is 38.9 Å². The number of phenolic OH excluding ortho intramolecular Hbond substituents is 2. The summed E-state index contributed by atoms with van der Waals surface area (Å²) < 4.78 is 47.9. The molecule has 4 heterocycles. The number of halogens is 5. The van der Waals surface area contributed by atoms with Crippen LogP contribution in [0.2, 0.25) is 0 Å². The van der Waals surface area contributed by atoms with Crippen molar-refractivity contribution in [3.63, 3.8) is 0 Å². The molecule has 111 heavy (non-hydrogen) atoms. The van der Waals surface area contributed by atoms with Gasteiger partial charge < -0.3 is 99.1 Å². The normalized spacial score (nSPS) is 19.6. The molecule has 4 aliphatic rings. The number of fused-ring (bicyclic) bond motifs is 2. The third-order valence-corrected chi connectivity index (χ3v) is 18.4. The van der Waals surface area contributed by atoms with Crippen molar-refractivity contribution in [2.24, 2.45) is 9.98 Å². The molecule has 0 radical (unpaired) electrons. The van der Waals surface area contributed by atoms with Gasteiger partial charge in [-0.3, -0.25) is 9.98 Å². The number of ether oxygens (including phenoxy) is 7. The summed E-state index contributed by atoms with van der Waals surface area (Å²) >= 11 is 14.7. The molecule has 614 valence electrons. The number of hydrogen-bond acceptors (Lipinski definition) is 25. The van der Waals surface area contributed by atoms with E-state index in [1.165, 1.54) is 30.4 Å². The second kappa shape index (κ2) is 61.2. The number of benzene rings is 6. The molecule has 23 nitrogen and oxygen atoms in total. The van der Waals surface area contributed by atoms with E-state index < -0.39 is 70.1 Å². The Bertz CT molecular complexity index is 3400. The Labute approximate surface area is 695 Å². The molecule has 0 saturated carbocycles. The van der Waals surface area contributed by atoms with E-state index in [4.69, 9.17) is 79.6 Å². The van der Waals surface area contributed by atoms with Gasteiger partial charge in [-0.05, 0) is 120 Å². The summed E-state index contributed by atoms with van der Waals surface area (Å²) in [6, 6.07) is 41.9. The van der Waals surface area contributed by atoms with E-state index in [2.05, 4.69) is 103 Å². The molecular weight excluding hydrogens is 1680 g/mol. The van der Waals surface area contributed by atoms with Gasteiger partial charge in [0.2, 0.25) is 9.23 Å². The molecule has 2 fully saturated rings. The van der Waals surface area contributed by atoms with Crippen LogP contribution in [0.3, 0.4) is 0 Å². The predicted octanol–water partition coefficient (Wildman–Crippen LogP) is 12.9. The van der Waals surface area contributed by atoms with Crippen LogP contribution in [-0.2, 0) is 62.4 Å². The quantitative estimate of drug-likeness (QED) is 0.0152. The highest BCUT2D eigenvalue weighted by molar-refractivity contribution is 9.09. The van der Waals surface area contributed by atoms with Gasteiger partial charge in [0, 0.05) is 66.1 Å². The Morgan fingerprint density at radius 2 is 0.739 bits per heavy atom. The molecular formula is C80H107Br2Cl3N4O19S3. The smallest absolute Gasteiger partial charge is 0.211 e. The maximum absolute atomic E-state index is 10.5. The highest BCUT2D eigenvalue weighted by Gasteiger charge is 2.51. The van der Waals surface area contributed by atoms with Crippen LogP contribution in [0.1, 0.15) is 47.2 Å². The zero-order valence-electron chi connectivity index (χ0n) is 63.1. The summed E-state index contributed by atoms with van der Waals surface area (Å²) in [4.78, 5) is 12.5. The first-order valence-corrected chi connectivity index (χ1v) is 41.6. The lowest BCUT2D eigenvalue weighted by Crippen LogP contribution is -2.58. The summed E-state index contributed by atoms with van der Waals surface area (Å²) in [5, 5.41) is 106. The van der Waals surface area contributed by atoms with Gasteiger partial charge >= 0.3 is 0 Å². The molecule has 6 aromatic rings. The predicted molar refractivity (Wildman–Crippen MR) is 458 cm³/mol. The third-order valence-electron chi connectivity index (χ3n) is 14.5. The molecule has 0 aliphatic carbocycles. The van der Waals surface area contributed by atoms with Crippen LogP contribution in [0.4, 0.5) is 0 Å². The van der Waals surface area contributed by atoms with E-state index in [0.717, 1.165) is 77.4 Å². The Hall–Kier alpha value is -6.30. The van der Waals surface area contributed by atoms with Crippen LogP contribution in [-0.4, -0.2) is 218 Å². The maximum atomic E-state index is 10.5. The Kier molecular flexibility index (Phi) is 56.6. The molecule has 0 spiro atoms. The van der Waals surface area contributed by atoms with Gasteiger partial charge in [0.05, 0.1) is 45.2 Å². The molecule has 11 N–H and O–H groups in total. The molecule has 10 rings (SSSR count). The van der Waals surface area contributed by atoms with Crippen molar-refractivity contribution in [2.45, 2.75) is 125 Å². The molecule has 6 aromatic carbocycles. The zero-order chi connectivity index (χ0) is 83.2. The number of amidine groups is 2. The topological polar surface area (TPSA) is 335 Å². The summed E-state index contributed by atoms with van der Waals surface area (Å²) in [5.41, 5.74) is 4.82. The van der Waals surface area contributed by atoms with Crippen molar-refractivity contribution in [3.05, 3.63) is 255 Å². The number of aliphatic hydroxyl groups is 9. The van der Waals surface area contributed by atoms with Crippen LogP contribution in [0.15, 0.2) is 232 Å². The van der Waals surface area contributed by atoms with Gasteiger partial charge in [-0.1, -0.05) is 191 Å². The second-order valence-electron chi connectivity index (χ2n) is 23.6. The number of nitrogens with zero attached hydrogens (tertiary/aromatic N) is 4. The van der Waals surface area contributed by atoms with Gasteiger partial charge in [0.15, 0.2) is 10.3 Å². The fourth-order valence-corrected chi connectivity index (χ4v) is 11.3. The lowest BCUT2D eigenvalue weighted by Gasteiger charge is -2.40. The molecule has 2 saturated heterocycles. The number of phenols is 2. The first-order chi connectivity index (χ1) is 53.1. The number of aliphatic imine (C=N–C) groups is 2. The molecule has 12 atom stereocenters. The summed E-state index contributed by atoms with van der Waals surface area (Å²) in [6.07, 6.45) is 3.61. The van der Waals surface area contributed by atoms with E-state index in [1.807, 2.05) is 142 Å². The highest BCUT2D eigenvalue weighted by Crippen LogP contribution is 2.39. The van der Waals surface area contributed by atoms with E-state index >= 15 is 0 Å². The van der Waals surface area contributed by atoms with Crippen LogP contribution < -0.4 is 18.9 Å². The monoisotopic (exact) mass is 1790 g/mol. The van der Waals surface area contributed by atoms with E-state index in [9.17, 15) is 25.5 Å². The minimum absolute atomic E-state index is 0.0281. The largest absolute Gasteiger partial charge is 0.508 e. The van der Waals surface area contributed by atoms with Gasteiger partial charge in [0.1, 0.15) is 121 Å². The number of alkyl halides is 3. The van der Waals surface area contributed by atoms with Crippen molar-refractivity contribution in [2.75, 3.05) is 65.3 Å². The van der Waals surface area contributed by atoms with Gasteiger partial charge in [0.25, 0.3) is 0 Å². The molecule has 0 bridgehead atoms. The maximum Gasteiger partial charge on any atom is 0.211 e. The number of aliphatic hydroxyl groups excluding tert-OH is 9. The van der Waals surface area contributed by atoms with Gasteiger partial charge in [-0.15, -0.1) is 24.8 Å². The first-order valence-electron chi connectivity index (χ1n) is 34.2. The lowest BCUT2D eigenvalue weighted by atomic mass is 9.95. The van der Waals surface area contributed by atoms with Crippen LogP contribution in [0, 0.1) is 0 Å². The summed E-state index contributed by atoms with van der Waals surface area (Å²) in [5.74, 6) is 4.22. The zero-order valence-corrected chi connectivity index (χ0v) is 71.0. The molecule has 31 heteroatoms. The minimum Gasteiger partial charge on any atom is -0.508 e. The van der Waals surface area contributed by atoms with Crippen molar-refractivity contribution >= 4 is 108 Å². The fourth-order valence-electron chi connectivity index (χ4n) is 8.85. The highest BCUT2D eigenvalue weighted by atomic mass is 79.9. The van der Waals surface area contributed by atoms with Gasteiger partial charge in [-0.25, -0.2) is 4.21 Å². The summed E-state index contributed by atoms with van der Waals surface area (Å²) in [6.45, 7) is 27.1. The average Bonchev–Trinajstić information content (AvgIpc) is 1.63. The Morgan fingerprint density at radius 1 is 0.477 bits per heavy atom. The number of hydrogen-bond donors (Lipinski definition) is 11. The number of aromatic hydroxyl groups is 2. The summed E-state index contributed by atoms with van der Waals surface area (Å²) in [7, 11) is 14.9. The van der Waals surface area contributed by atoms with Crippen molar-refractivity contribution < 1.29 is 93.5 Å². The molecule has 0 amide bonds. The number of rotatable bonds is 24. The van der Waals surface area contributed by atoms with Crippen molar-refractivity contribution in [1.82, 2.24) is 9.80 Å². The third kappa shape index (κ3) is 42.6. The van der Waals surface area contributed by atoms with E-state index in [-0.39, 0.29) is 48.8 Å². The average molecular weight is 1790 g/mol. The van der Waals surface area contributed by atoms with Crippen molar-refractivity contribution in [3.8, 4) is 34.5 Å². The Balaban J connectivity index is 0.000000653. The Morgan fingerprint density at radius 3 is 0.991 bits per heavy atom. The van der Waals surface area contributed by atoms with Crippen LogP contribution in [0.5, 0.6) is 34.5 Å². The van der Waals surface area contributed by atoms with Crippen LogP contribution in [0.25, 0.3) is 0 Å². The standard InChI is InChI=1S/C20H28N2O5S.C10H11ClO.C10H18N2O4S.2C10H12O2.2C7H8O2.2C3H5Br.Cl2OS/c1-5-10-25-14-8-6-13(7-9-14)11-26-12(2)18-17(24)16(23)15-19(27-18)28-20(21-15)22(3)4;1-2-7-12-10-5-3-9(8-11)4-6-10;1-4(13)8-7(15)6(14)5-9(16-8)17-10(11-5)12(2)3;2*1-2-7-12-10-5-3-9(8-11)4-6-10;2*8-5-6-1-3-7(9)4-2-6;2*1-2-3-4;1-4(2)3/h5-9,12,15-19,23-24H,1,10-11H2,2-4H3;2-6H,1,7-8H2;4-9,13-15H,1-3H3;2*2-6,11H,1,7-8H2;2*1-4,8-9H,5H2;2*2H,1,3H2;/t12-,15+,16+,17-,18+,19+;;4-,5+,6+,7-,8+,9+;;;;;;;/m0.0......./s1. The minimum atomic E-state index is -1.67. The first kappa shape index (κ1) is 103. The molecule has 0 unspecified atom stereocenters. The number of allylic oxidation sites excluding steroid dienone is 2.